The molecular formula is C22H28N6O4. The van der Waals surface area contributed by atoms with Gasteiger partial charge in [0.1, 0.15) is 5.69 Å². The van der Waals surface area contributed by atoms with Gasteiger partial charge in [0.25, 0.3) is 11.6 Å². The van der Waals surface area contributed by atoms with Crippen molar-refractivity contribution < 1.29 is 14.5 Å². The van der Waals surface area contributed by atoms with Gasteiger partial charge in [0.2, 0.25) is 5.91 Å². The van der Waals surface area contributed by atoms with Crippen LogP contribution in [0.5, 0.6) is 0 Å². The standard InChI is InChI=1S/C22H28N6O4/c1-17(2)16-27(22(30)20-15-23-8-9-24-20)10-7-21(29)26-13-11-25(12-14-26)18-3-5-19(6-4-18)28(31)32/h3-6,8-9,15,17H,7,10-14,16H2,1-2H3. The number of carbonyl (C=O) groups excluding carboxylic acids is 2. The number of rotatable bonds is 8. The van der Waals surface area contributed by atoms with Crippen LogP contribution in [0.1, 0.15) is 30.8 Å². The maximum Gasteiger partial charge on any atom is 0.274 e. The summed E-state index contributed by atoms with van der Waals surface area (Å²) in [5, 5.41) is 10.8. The van der Waals surface area contributed by atoms with Crippen LogP contribution in [0, 0.1) is 16.0 Å². The fourth-order valence-electron chi connectivity index (χ4n) is 3.68. The van der Waals surface area contributed by atoms with Gasteiger partial charge in [0.15, 0.2) is 0 Å². The zero-order valence-electron chi connectivity index (χ0n) is 18.4. The largest absolute Gasteiger partial charge is 0.368 e. The first-order valence-corrected chi connectivity index (χ1v) is 10.7. The molecule has 0 radical (unpaired) electrons. The number of carbonyl (C=O) groups is 2. The van der Waals surface area contributed by atoms with E-state index in [1.54, 1.807) is 17.0 Å². The summed E-state index contributed by atoms with van der Waals surface area (Å²) in [6.07, 6.45) is 4.69. The summed E-state index contributed by atoms with van der Waals surface area (Å²) in [6, 6.07) is 6.45. The van der Waals surface area contributed by atoms with E-state index in [2.05, 4.69) is 14.9 Å². The molecule has 1 saturated heterocycles. The minimum atomic E-state index is -0.419. The molecule has 10 heteroatoms. The molecule has 2 aromatic rings. The lowest BCUT2D eigenvalue weighted by Gasteiger charge is -2.36. The molecule has 1 aromatic heterocycles. The van der Waals surface area contributed by atoms with Gasteiger partial charge < -0.3 is 14.7 Å². The second kappa shape index (κ2) is 10.7. The molecule has 0 saturated carbocycles. The molecule has 0 N–H and O–H groups in total. The molecule has 2 amide bonds. The Morgan fingerprint density at radius 1 is 1.12 bits per heavy atom. The number of nitro benzene ring substituents is 1. The SMILES string of the molecule is CC(C)CN(CCC(=O)N1CCN(c2ccc([N+](=O)[O-])cc2)CC1)C(=O)c1cnccn1. The Bertz CT molecular complexity index is 927. The van der Waals surface area contributed by atoms with Gasteiger partial charge in [-0.25, -0.2) is 4.98 Å². The van der Waals surface area contributed by atoms with Crippen LogP contribution in [-0.4, -0.2) is 75.8 Å². The Hall–Kier alpha value is -3.56. The normalized spacial score (nSPS) is 13.8. The molecule has 1 aliphatic rings. The van der Waals surface area contributed by atoms with Crippen molar-refractivity contribution in [3.63, 3.8) is 0 Å². The average Bonchev–Trinajstić information content (AvgIpc) is 2.81. The summed E-state index contributed by atoms with van der Waals surface area (Å²) in [6.45, 7) is 7.35. The van der Waals surface area contributed by atoms with Crippen molar-refractivity contribution in [2.24, 2.45) is 5.92 Å². The highest BCUT2D eigenvalue weighted by molar-refractivity contribution is 5.92. The Balaban J connectivity index is 1.52. The highest BCUT2D eigenvalue weighted by Gasteiger charge is 2.24. The molecule has 0 atom stereocenters. The molecule has 0 bridgehead atoms. The third kappa shape index (κ3) is 5.99. The number of anilines is 1. The third-order valence-electron chi connectivity index (χ3n) is 5.31. The Morgan fingerprint density at radius 3 is 2.38 bits per heavy atom. The van der Waals surface area contributed by atoms with Crippen molar-refractivity contribution in [1.82, 2.24) is 19.8 Å². The van der Waals surface area contributed by atoms with Crippen LogP contribution in [0.4, 0.5) is 11.4 Å². The van der Waals surface area contributed by atoms with Crippen LogP contribution in [0.25, 0.3) is 0 Å². The molecular weight excluding hydrogens is 412 g/mol. The topological polar surface area (TPSA) is 113 Å². The predicted molar refractivity (Wildman–Crippen MR) is 119 cm³/mol. The Labute approximate surface area is 187 Å². The van der Waals surface area contributed by atoms with Crippen molar-refractivity contribution in [3.05, 3.63) is 58.7 Å². The monoisotopic (exact) mass is 440 g/mol. The van der Waals surface area contributed by atoms with E-state index in [0.29, 0.717) is 39.3 Å². The maximum atomic E-state index is 12.8. The van der Waals surface area contributed by atoms with Gasteiger partial charge in [0, 0.05) is 75.9 Å². The number of hydrogen-bond donors (Lipinski definition) is 0. The van der Waals surface area contributed by atoms with E-state index in [4.69, 9.17) is 0 Å². The Kier molecular flexibility index (Phi) is 7.69. The highest BCUT2D eigenvalue weighted by Crippen LogP contribution is 2.21. The number of amides is 2. The number of aromatic nitrogens is 2. The van der Waals surface area contributed by atoms with Crippen molar-refractivity contribution in [2.75, 3.05) is 44.2 Å². The third-order valence-corrected chi connectivity index (χ3v) is 5.31. The van der Waals surface area contributed by atoms with Crippen LogP contribution in [0.2, 0.25) is 0 Å². The first-order chi connectivity index (χ1) is 15.3. The molecule has 1 aliphatic heterocycles. The number of benzene rings is 1. The zero-order valence-corrected chi connectivity index (χ0v) is 18.4. The lowest BCUT2D eigenvalue weighted by Crippen LogP contribution is -2.49. The molecule has 0 spiro atoms. The van der Waals surface area contributed by atoms with Gasteiger partial charge in [-0.3, -0.25) is 24.7 Å². The zero-order chi connectivity index (χ0) is 23.1. The first-order valence-electron chi connectivity index (χ1n) is 10.7. The van der Waals surface area contributed by atoms with Crippen LogP contribution >= 0.6 is 0 Å². The number of nitro groups is 1. The van der Waals surface area contributed by atoms with Gasteiger partial charge in [-0.1, -0.05) is 13.8 Å². The van der Waals surface area contributed by atoms with E-state index in [-0.39, 0.29) is 35.5 Å². The smallest absolute Gasteiger partial charge is 0.274 e. The molecule has 3 rings (SSSR count). The minimum Gasteiger partial charge on any atom is -0.368 e. The minimum absolute atomic E-state index is 0.00838. The lowest BCUT2D eigenvalue weighted by atomic mass is 10.2. The first kappa shape index (κ1) is 23.1. The van der Waals surface area contributed by atoms with E-state index >= 15 is 0 Å². The predicted octanol–water partition coefficient (Wildman–Crippen LogP) is 2.22. The van der Waals surface area contributed by atoms with Gasteiger partial charge in [-0.2, -0.15) is 0 Å². The van der Waals surface area contributed by atoms with Crippen LogP contribution in [0.15, 0.2) is 42.9 Å². The molecule has 10 nitrogen and oxygen atoms in total. The van der Waals surface area contributed by atoms with Crippen LogP contribution in [0.3, 0.4) is 0 Å². The summed E-state index contributed by atoms with van der Waals surface area (Å²) in [4.78, 5) is 49.6. The summed E-state index contributed by atoms with van der Waals surface area (Å²) >= 11 is 0. The number of hydrogen-bond acceptors (Lipinski definition) is 7. The van der Waals surface area contributed by atoms with Crippen molar-refractivity contribution in [3.8, 4) is 0 Å². The highest BCUT2D eigenvalue weighted by atomic mass is 16.6. The summed E-state index contributed by atoms with van der Waals surface area (Å²) in [5.74, 6) is 0.0487. The fraction of sp³-hybridized carbons (Fsp3) is 0.455. The molecule has 0 aliphatic carbocycles. The van der Waals surface area contributed by atoms with Crippen LogP contribution in [-0.2, 0) is 4.79 Å². The van der Waals surface area contributed by atoms with E-state index < -0.39 is 4.92 Å². The fourth-order valence-corrected chi connectivity index (χ4v) is 3.68. The number of non-ortho nitro benzene ring substituents is 1. The van der Waals surface area contributed by atoms with E-state index in [0.717, 1.165) is 5.69 Å². The van der Waals surface area contributed by atoms with Crippen molar-refractivity contribution in [1.29, 1.82) is 0 Å². The molecule has 2 heterocycles. The van der Waals surface area contributed by atoms with E-state index in [9.17, 15) is 19.7 Å². The maximum absolute atomic E-state index is 12.8. The Morgan fingerprint density at radius 2 is 1.81 bits per heavy atom. The quantitative estimate of drug-likeness (QED) is 0.457. The number of piperazine rings is 1. The lowest BCUT2D eigenvalue weighted by molar-refractivity contribution is -0.384. The molecule has 32 heavy (non-hydrogen) atoms. The second-order valence-electron chi connectivity index (χ2n) is 8.13. The van der Waals surface area contributed by atoms with Gasteiger partial charge in [-0.05, 0) is 18.1 Å². The summed E-state index contributed by atoms with van der Waals surface area (Å²) < 4.78 is 0. The van der Waals surface area contributed by atoms with Crippen LogP contribution < -0.4 is 4.90 Å². The molecule has 0 unspecified atom stereocenters. The average molecular weight is 441 g/mol. The van der Waals surface area contributed by atoms with E-state index in [1.807, 2.05) is 18.7 Å². The molecule has 1 aromatic carbocycles. The summed E-state index contributed by atoms with van der Waals surface area (Å²) in [5.41, 5.74) is 1.24. The van der Waals surface area contributed by atoms with Gasteiger partial charge in [0.05, 0.1) is 11.1 Å². The van der Waals surface area contributed by atoms with Crippen molar-refractivity contribution in [2.45, 2.75) is 20.3 Å². The number of nitrogens with zero attached hydrogens (tertiary/aromatic N) is 6. The van der Waals surface area contributed by atoms with Gasteiger partial charge >= 0.3 is 0 Å². The van der Waals surface area contributed by atoms with Crippen molar-refractivity contribution >= 4 is 23.2 Å². The van der Waals surface area contributed by atoms with Gasteiger partial charge in [-0.15, -0.1) is 0 Å². The second-order valence-corrected chi connectivity index (χ2v) is 8.13. The van der Waals surface area contributed by atoms with E-state index in [1.165, 1.54) is 30.7 Å². The molecule has 1 fully saturated rings. The summed E-state index contributed by atoms with van der Waals surface area (Å²) in [7, 11) is 0. The molecule has 170 valence electrons.